The summed E-state index contributed by atoms with van der Waals surface area (Å²) in [5.41, 5.74) is 11.9. The smallest absolute Gasteiger partial charge is 0.0444 e. The first-order valence-electron chi connectivity index (χ1n) is 5.41. The van der Waals surface area contributed by atoms with Crippen LogP contribution in [0, 0.1) is 13.8 Å². The maximum absolute atomic E-state index is 6.35. The third-order valence-corrected chi connectivity index (χ3v) is 4.73. The standard InChI is InChI=1S/C13H19NS/c1-8-5-9(2)11-10(6-8)7-15-13(3,4)12(11)14/h5-6,12H,7,14H2,1-4H3. The minimum absolute atomic E-state index is 0.159. The van der Waals surface area contributed by atoms with Crippen molar-refractivity contribution in [1.82, 2.24) is 0 Å². The van der Waals surface area contributed by atoms with Gasteiger partial charge in [-0.3, -0.25) is 0 Å². The summed E-state index contributed by atoms with van der Waals surface area (Å²) in [6.45, 7) is 8.82. The third-order valence-electron chi connectivity index (χ3n) is 3.28. The molecule has 2 N–H and O–H groups in total. The minimum atomic E-state index is 0.159. The van der Waals surface area contributed by atoms with Crippen molar-refractivity contribution in [2.45, 2.75) is 44.2 Å². The predicted octanol–water partition coefficient (Wildman–Crippen LogP) is 3.33. The predicted molar refractivity (Wildman–Crippen MR) is 68.2 cm³/mol. The molecule has 0 radical (unpaired) electrons. The topological polar surface area (TPSA) is 26.0 Å². The van der Waals surface area contributed by atoms with Gasteiger partial charge >= 0.3 is 0 Å². The van der Waals surface area contributed by atoms with Crippen LogP contribution >= 0.6 is 11.8 Å². The molecule has 0 spiro atoms. The van der Waals surface area contributed by atoms with Crippen LogP contribution < -0.4 is 5.73 Å². The Hall–Kier alpha value is -0.470. The SMILES string of the molecule is Cc1cc(C)c2c(c1)CSC(C)(C)C2N. The lowest BCUT2D eigenvalue weighted by Gasteiger charge is -2.38. The summed E-state index contributed by atoms with van der Waals surface area (Å²) in [5.74, 6) is 1.10. The Balaban J connectivity index is 2.57. The van der Waals surface area contributed by atoms with E-state index in [2.05, 4.69) is 39.8 Å². The molecule has 0 aliphatic carbocycles. The Kier molecular flexibility index (Phi) is 2.60. The van der Waals surface area contributed by atoms with E-state index >= 15 is 0 Å². The second kappa shape index (κ2) is 3.53. The molecule has 2 rings (SSSR count). The van der Waals surface area contributed by atoms with Crippen molar-refractivity contribution in [1.29, 1.82) is 0 Å². The van der Waals surface area contributed by atoms with Crippen molar-refractivity contribution in [3.63, 3.8) is 0 Å². The normalized spacial score (nSPS) is 23.7. The van der Waals surface area contributed by atoms with Crippen molar-refractivity contribution in [3.8, 4) is 0 Å². The molecule has 1 unspecified atom stereocenters. The molecule has 1 atom stereocenters. The Labute approximate surface area is 96.4 Å². The largest absolute Gasteiger partial charge is 0.323 e. The van der Waals surface area contributed by atoms with E-state index in [0.29, 0.717) is 0 Å². The molecule has 0 amide bonds. The van der Waals surface area contributed by atoms with Crippen LogP contribution in [0.3, 0.4) is 0 Å². The van der Waals surface area contributed by atoms with Gasteiger partial charge < -0.3 is 5.73 Å². The number of fused-ring (bicyclic) bond motifs is 1. The van der Waals surface area contributed by atoms with Crippen molar-refractivity contribution >= 4 is 11.8 Å². The van der Waals surface area contributed by atoms with Crippen LogP contribution in [-0.2, 0) is 5.75 Å². The van der Waals surface area contributed by atoms with Gasteiger partial charge in [-0.15, -0.1) is 11.8 Å². The van der Waals surface area contributed by atoms with Crippen LogP contribution in [0.5, 0.6) is 0 Å². The van der Waals surface area contributed by atoms with Gasteiger partial charge in [0, 0.05) is 16.5 Å². The lowest BCUT2D eigenvalue weighted by molar-refractivity contribution is 0.549. The van der Waals surface area contributed by atoms with Gasteiger partial charge in [-0.1, -0.05) is 17.7 Å². The van der Waals surface area contributed by atoms with E-state index in [9.17, 15) is 0 Å². The Morgan fingerprint density at radius 3 is 2.67 bits per heavy atom. The molecular formula is C13H19NS. The van der Waals surface area contributed by atoms with Crippen molar-refractivity contribution in [2.75, 3.05) is 0 Å². The van der Waals surface area contributed by atoms with Crippen molar-refractivity contribution in [3.05, 3.63) is 34.4 Å². The van der Waals surface area contributed by atoms with Gasteiger partial charge in [-0.05, 0) is 44.4 Å². The average molecular weight is 221 g/mol. The highest BCUT2D eigenvalue weighted by atomic mass is 32.2. The highest BCUT2D eigenvalue weighted by molar-refractivity contribution is 7.99. The molecule has 1 aromatic carbocycles. The minimum Gasteiger partial charge on any atom is -0.323 e. The van der Waals surface area contributed by atoms with E-state index in [0.717, 1.165) is 5.75 Å². The zero-order valence-electron chi connectivity index (χ0n) is 9.92. The van der Waals surface area contributed by atoms with Gasteiger partial charge in [0.05, 0.1) is 0 Å². The monoisotopic (exact) mass is 221 g/mol. The second-order valence-electron chi connectivity index (χ2n) is 5.02. The summed E-state index contributed by atoms with van der Waals surface area (Å²) in [5, 5.41) is 0. The summed E-state index contributed by atoms with van der Waals surface area (Å²) < 4.78 is 0.160. The molecule has 1 aliphatic heterocycles. The fraction of sp³-hybridized carbons (Fsp3) is 0.538. The van der Waals surface area contributed by atoms with Crippen LogP contribution in [0.1, 0.15) is 42.1 Å². The number of benzene rings is 1. The van der Waals surface area contributed by atoms with Crippen LogP contribution in [0.15, 0.2) is 12.1 Å². The Bertz CT molecular complexity index is 396. The molecule has 1 aromatic rings. The van der Waals surface area contributed by atoms with E-state index in [1.807, 2.05) is 11.8 Å². The lowest BCUT2D eigenvalue weighted by Crippen LogP contribution is -2.36. The molecule has 15 heavy (non-hydrogen) atoms. The number of hydrogen-bond donors (Lipinski definition) is 1. The first kappa shape index (κ1) is 11.0. The fourth-order valence-corrected chi connectivity index (χ4v) is 3.40. The maximum Gasteiger partial charge on any atom is 0.0444 e. The third kappa shape index (κ3) is 1.81. The number of nitrogens with two attached hydrogens (primary N) is 1. The zero-order valence-corrected chi connectivity index (χ0v) is 10.7. The highest BCUT2D eigenvalue weighted by Gasteiger charge is 2.34. The average Bonchev–Trinajstić information content (AvgIpc) is 2.11. The summed E-state index contributed by atoms with van der Waals surface area (Å²) in [6.07, 6.45) is 0. The van der Waals surface area contributed by atoms with Crippen LogP contribution in [0.25, 0.3) is 0 Å². The summed E-state index contributed by atoms with van der Waals surface area (Å²) >= 11 is 1.96. The second-order valence-corrected chi connectivity index (χ2v) is 6.65. The van der Waals surface area contributed by atoms with Crippen molar-refractivity contribution < 1.29 is 0 Å². The van der Waals surface area contributed by atoms with Crippen LogP contribution in [0.2, 0.25) is 0 Å². The molecule has 2 heteroatoms. The number of thioether (sulfide) groups is 1. The molecule has 82 valence electrons. The van der Waals surface area contributed by atoms with E-state index in [4.69, 9.17) is 5.73 Å². The fourth-order valence-electron chi connectivity index (χ4n) is 2.33. The zero-order chi connectivity index (χ0) is 11.2. The molecule has 0 fully saturated rings. The van der Waals surface area contributed by atoms with Gasteiger partial charge in [0.2, 0.25) is 0 Å². The van der Waals surface area contributed by atoms with Gasteiger partial charge in [-0.2, -0.15) is 0 Å². The quantitative estimate of drug-likeness (QED) is 0.727. The molecule has 0 bridgehead atoms. The van der Waals surface area contributed by atoms with Gasteiger partial charge in [0.15, 0.2) is 0 Å². The number of rotatable bonds is 0. The van der Waals surface area contributed by atoms with Gasteiger partial charge in [0.1, 0.15) is 0 Å². The molecule has 1 aliphatic rings. The summed E-state index contributed by atoms with van der Waals surface area (Å²) in [6, 6.07) is 4.68. The molecule has 0 aromatic heterocycles. The van der Waals surface area contributed by atoms with Gasteiger partial charge in [-0.25, -0.2) is 0 Å². The van der Waals surface area contributed by atoms with E-state index in [1.165, 1.54) is 22.3 Å². The maximum atomic E-state index is 6.35. The lowest BCUT2D eigenvalue weighted by atomic mass is 9.87. The van der Waals surface area contributed by atoms with Crippen LogP contribution in [-0.4, -0.2) is 4.75 Å². The Morgan fingerprint density at radius 2 is 2.00 bits per heavy atom. The number of aryl methyl sites for hydroxylation is 2. The molecule has 1 heterocycles. The first-order valence-corrected chi connectivity index (χ1v) is 6.40. The molecular weight excluding hydrogens is 202 g/mol. The van der Waals surface area contributed by atoms with Crippen molar-refractivity contribution in [2.24, 2.45) is 5.73 Å². The van der Waals surface area contributed by atoms with E-state index < -0.39 is 0 Å². The van der Waals surface area contributed by atoms with E-state index in [1.54, 1.807) is 0 Å². The number of hydrogen-bond acceptors (Lipinski definition) is 2. The summed E-state index contributed by atoms with van der Waals surface area (Å²) in [4.78, 5) is 0. The first-order chi connectivity index (χ1) is 6.92. The molecule has 0 saturated carbocycles. The highest BCUT2D eigenvalue weighted by Crippen LogP contribution is 2.45. The molecule has 0 saturated heterocycles. The summed E-state index contributed by atoms with van der Waals surface area (Å²) in [7, 11) is 0. The molecule has 1 nitrogen and oxygen atoms in total. The van der Waals surface area contributed by atoms with Crippen LogP contribution in [0.4, 0.5) is 0 Å². The Morgan fingerprint density at radius 1 is 1.33 bits per heavy atom. The van der Waals surface area contributed by atoms with E-state index in [-0.39, 0.29) is 10.8 Å². The van der Waals surface area contributed by atoms with Gasteiger partial charge in [0.25, 0.3) is 0 Å².